The molecule has 1 saturated heterocycles. The Morgan fingerprint density at radius 1 is 1.08 bits per heavy atom. The molecule has 0 atom stereocenters. The largest absolute Gasteiger partial charge is 0.338 e. The van der Waals surface area contributed by atoms with Crippen molar-refractivity contribution >= 4 is 35.2 Å². The molecule has 2 aromatic rings. The maximum atomic E-state index is 12.4. The van der Waals surface area contributed by atoms with Crippen LogP contribution in [0.2, 0.25) is 0 Å². The molecule has 0 bridgehead atoms. The van der Waals surface area contributed by atoms with Crippen molar-refractivity contribution in [1.82, 2.24) is 14.9 Å². The lowest BCUT2D eigenvalue weighted by Gasteiger charge is -2.34. The summed E-state index contributed by atoms with van der Waals surface area (Å²) in [6.45, 7) is 4.32. The van der Waals surface area contributed by atoms with Crippen molar-refractivity contribution in [2.24, 2.45) is 0 Å². The van der Waals surface area contributed by atoms with Crippen LogP contribution in [0.5, 0.6) is 0 Å². The van der Waals surface area contributed by atoms with Crippen LogP contribution in [0.1, 0.15) is 6.92 Å². The van der Waals surface area contributed by atoms with Crippen molar-refractivity contribution in [2.75, 3.05) is 42.1 Å². The Bertz CT molecular complexity index is 746. The highest BCUT2D eigenvalue weighted by molar-refractivity contribution is 8.00. The molecule has 0 aliphatic carbocycles. The van der Waals surface area contributed by atoms with Gasteiger partial charge in [-0.1, -0.05) is 0 Å². The van der Waals surface area contributed by atoms with Crippen molar-refractivity contribution in [3.05, 3.63) is 42.7 Å². The molecule has 8 heteroatoms. The summed E-state index contributed by atoms with van der Waals surface area (Å²) >= 11 is 1.50. The average Bonchev–Trinajstić information content (AvgIpc) is 2.67. The zero-order valence-corrected chi connectivity index (χ0v) is 15.4. The lowest BCUT2D eigenvalue weighted by Crippen LogP contribution is -2.49. The standard InChI is InChI=1S/C18H21N5O2S/c1-14(24)21-15-3-5-16(6-4-15)26-13-17(25)22-9-11-23(12-10-22)18-19-7-2-8-20-18/h2-8H,9-13H2,1H3,(H,21,24). The van der Waals surface area contributed by atoms with Gasteiger partial charge >= 0.3 is 0 Å². The maximum Gasteiger partial charge on any atom is 0.233 e. The maximum absolute atomic E-state index is 12.4. The van der Waals surface area contributed by atoms with Crippen LogP contribution in [-0.4, -0.2) is 58.6 Å². The predicted molar refractivity (Wildman–Crippen MR) is 102 cm³/mol. The quantitative estimate of drug-likeness (QED) is 0.809. The molecule has 0 unspecified atom stereocenters. The van der Waals surface area contributed by atoms with E-state index in [0.29, 0.717) is 24.8 Å². The zero-order valence-electron chi connectivity index (χ0n) is 14.6. The van der Waals surface area contributed by atoms with Gasteiger partial charge in [-0.15, -0.1) is 11.8 Å². The first kappa shape index (κ1) is 18.2. The highest BCUT2D eigenvalue weighted by Crippen LogP contribution is 2.21. The van der Waals surface area contributed by atoms with Crippen LogP contribution in [0.3, 0.4) is 0 Å². The molecule has 7 nitrogen and oxygen atoms in total. The van der Waals surface area contributed by atoms with Gasteiger partial charge in [-0.2, -0.15) is 0 Å². The highest BCUT2D eigenvalue weighted by Gasteiger charge is 2.22. The van der Waals surface area contributed by atoms with E-state index < -0.39 is 0 Å². The summed E-state index contributed by atoms with van der Waals surface area (Å²) in [7, 11) is 0. The van der Waals surface area contributed by atoms with E-state index >= 15 is 0 Å². The number of rotatable bonds is 5. The second-order valence-corrected chi connectivity index (χ2v) is 6.96. The molecule has 0 radical (unpaired) electrons. The van der Waals surface area contributed by atoms with E-state index in [0.717, 1.165) is 23.7 Å². The third kappa shape index (κ3) is 4.95. The van der Waals surface area contributed by atoms with Gasteiger partial charge in [-0.3, -0.25) is 9.59 Å². The molecule has 1 aromatic heterocycles. The van der Waals surface area contributed by atoms with Crippen LogP contribution in [0.4, 0.5) is 11.6 Å². The minimum Gasteiger partial charge on any atom is -0.338 e. The third-order valence-corrected chi connectivity index (χ3v) is 5.00. The number of carbonyl (C=O) groups excluding carboxylic acids is 2. The SMILES string of the molecule is CC(=O)Nc1ccc(SCC(=O)N2CCN(c3ncccn3)CC2)cc1. The van der Waals surface area contributed by atoms with Gasteiger partial charge in [0.2, 0.25) is 17.8 Å². The monoisotopic (exact) mass is 371 g/mol. The van der Waals surface area contributed by atoms with Crippen LogP contribution in [0.15, 0.2) is 47.6 Å². The van der Waals surface area contributed by atoms with E-state index in [9.17, 15) is 9.59 Å². The molecule has 2 amide bonds. The van der Waals surface area contributed by atoms with Crippen LogP contribution in [-0.2, 0) is 9.59 Å². The Morgan fingerprint density at radius 2 is 1.73 bits per heavy atom. The molecular formula is C18H21N5O2S. The van der Waals surface area contributed by atoms with Gasteiger partial charge in [0, 0.05) is 56.1 Å². The summed E-state index contributed by atoms with van der Waals surface area (Å²) in [6, 6.07) is 9.30. The van der Waals surface area contributed by atoms with Gasteiger partial charge in [0.15, 0.2) is 0 Å². The van der Waals surface area contributed by atoms with Crippen LogP contribution in [0, 0.1) is 0 Å². The van der Waals surface area contributed by atoms with E-state index in [1.807, 2.05) is 29.2 Å². The summed E-state index contributed by atoms with van der Waals surface area (Å²) in [5.74, 6) is 1.16. The topological polar surface area (TPSA) is 78.4 Å². The predicted octanol–water partition coefficient (Wildman–Crippen LogP) is 1.88. The molecule has 2 heterocycles. The molecule has 1 aliphatic heterocycles. The lowest BCUT2D eigenvalue weighted by atomic mass is 10.3. The average molecular weight is 371 g/mol. The number of benzene rings is 1. The molecule has 0 saturated carbocycles. The summed E-state index contributed by atoms with van der Waals surface area (Å²) in [5.41, 5.74) is 0.757. The Balaban J connectivity index is 1.45. The first-order chi connectivity index (χ1) is 12.6. The molecule has 1 aliphatic rings. The third-order valence-electron chi connectivity index (χ3n) is 4.00. The number of anilines is 2. The van der Waals surface area contributed by atoms with E-state index in [1.165, 1.54) is 18.7 Å². The number of thioether (sulfide) groups is 1. The molecule has 1 aromatic carbocycles. The van der Waals surface area contributed by atoms with Crippen molar-refractivity contribution in [2.45, 2.75) is 11.8 Å². The summed E-state index contributed by atoms with van der Waals surface area (Å²) in [6.07, 6.45) is 3.46. The van der Waals surface area contributed by atoms with Crippen molar-refractivity contribution in [3.63, 3.8) is 0 Å². The number of aromatic nitrogens is 2. The van der Waals surface area contributed by atoms with E-state index in [1.54, 1.807) is 18.5 Å². The Hall–Kier alpha value is -2.61. The van der Waals surface area contributed by atoms with E-state index in [4.69, 9.17) is 0 Å². The molecule has 26 heavy (non-hydrogen) atoms. The van der Waals surface area contributed by atoms with Gasteiger partial charge < -0.3 is 15.1 Å². The second kappa shape index (κ2) is 8.66. The summed E-state index contributed by atoms with van der Waals surface area (Å²) in [4.78, 5) is 36.9. The molecule has 136 valence electrons. The van der Waals surface area contributed by atoms with Crippen LogP contribution < -0.4 is 10.2 Å². The molecule has 3 rings (SSSR count). The number of piperazine rings is 1. The highest BCUT2D eigenvalue weighted by atomic mass is 32.2. The second-order valence-electron chi connectivity index (χ2n) is 5.91. The Morgan fingerprint density at radius 3 is 2.35 bits per heavy atom. The Kier molecular flexibility index (Phi) is 6.06. The van der Waals surface area contributed by atoms with Gasteiger partial charge in [0.05, 0.1) is 5.75 Å². The Labute approximate surface area is 156 Å². The molecular weight excluding hydrogens is 350 g/mol. The fraction of sp³-hybridized carbons (Fsp3) is 0.333. The van der Waals surface area contributed by atoms with Crippen molar-refractivity contribution in [3.8, 4) is 0 Å². The number of hydrogen-bond acceptors (Lipinski definition) is 6. The van der Waals surface area contributed by atoms with Gasteiger partial charge in [-0.25, -0.2) is 9.97 Å². The number of carbonyl (C=O) groups is 2. The van der Waals surface area contributed by atoms with Crippen molar-refractivity contribution in [1.29, 1.82) is 0 Å². The summed E-state index contributed by atoms with van der Waals surface area (Å²) in [5, 5.41) is 2.73. The number of nitrogens with one attached hydrogen (secondary N) is 1. The van der Waals surface area contributed by atoms with Crippen LogP contribution in [0.25, 0.3) is 0 Å². The minimum absolute atomic E-state index is 0.0966. The molecule has 1 fully saturated rings. The first-order valence-corrected chi connectivity index (χ1v) is 9.40. The van der Waals surface area contributed by atoms with Gasteiger partial charge in [-0.05, 0) is 30.3 Å². The van der Waals surface area contributed by atoms with Gasteiger partial charge in [0.25, 0.3) is 0 Å². The van der Waals surface area contributed by atoms with Crippen LogP contribution >= 0.6 is 11.8 Å². The fourth-order valence-corrected chi connectivity index (χ4v) is 3.49. The number of hydrogen-bond donors (Lipinski definition) is 1. The van der Waals surface area contributed by atoms with Crippen molar-refractivity contribution < 1.29 is 9.59 Å². The minimum atomic E-state index is -0.0966. The number of nitrogens with zero attached hydrogens (tertiary/aromatic N) is 4. The lowest BCUT2D eigenvalue weighted by molar-refractivity contribution is -0.128. The smallest absolute Gasteiger partial charge is 0.233 e. The molecule has 0 spiro atoms. The van der Waals surface area contributed by atoms with Gasteiger partial charge in [0.1, 0.15) is 0 Å². The number of amides is 2. The fourth-order valence-electron chi connectivity index (χ4n) is 2.68. The van der Waals surface area contributed by atoms with E-state index in [2.05, 4.69) is 20.2 Å². The summed E-state index contributed by atoms with van der Waals surface area (Å²) < 4.78 is 0. The normalized spacial score (nSPS) is 14.2. The molecule has 1 N–H and O–H groups in total. The zero-order chi connectivity index (χ0) is 18.4. The first-order valence-electron chi connectivity index (χ1n) is 8.42. The van der Waals surface area contributed by atoms with E-state index in [-0.39, 0.29) is 11.8 Å².